The van der Waals surface area contributed by atoms with Crippen molar-refractivity contribution in [2.45, 2.75) is 33.1 Å². The number of pyridine rings is 1. The summed E-state index contributed by atoms with van der Waals surface area (Å²) < 4.78 is 0. The molecule has 0 aliphatic carbocycles. The molecule has 2 rings (SSSR count). The van der Waals surface area contributed by atoms with E-state index >= 15 is 0 Å². The van der Waals surface area contributed by atoms with Crippen LogP contribution in [0.1, 0.15) is 30.9 Å². The van der Waals surface area contributed by atoms with Crippen molar-refractivity contribution >= 4 is 17.4 Å². The Morgan fingerprint density at radius 1 is 1.53 bits per heavy atom. The van der Waals surface area contributed by atoms with Crippen LogP contribution in [0.4, 0.5) is 5.82 Å². The Morgan fingerprint density at radius 2 is 2.33 bits per heavy atom. The van der Waals surface area contributed by atoms with Crippen LogP contribution in [0, 0.1) is 6.92 Å². The number of unbranched alkanes of at least 4 members (excludes halogenated alkanes) is 1. The molecule has 0 saturated carbocycles. The second-order valence-electron chi connectivity index (χ2n) is 4.15. The Morgan fingerprint density at radius 3 is 3.07 bits per heavy atom. The number of aromatic nitrogens is 1. The fourth-order valence-corrected chi connectivity index (χ4v) is 2.38. The lowest BCUT2D eigenvalue weighted by molar-refractivity contribution is 0.731. The molecule has 3 heteroatoms. The first-order chi connectivity index (χ1) is 7.22. The largest absolute Gasteiger partial charge is 0.356 e. The Labute approximate surface area is 96.3 Å². The zero-order valence-electron chi connectivity index (χ0n) is 9.39. The number of halogens is 1. The lowest BCUT2D eigenvalue weighted by atomic mass is 10.1. The highest BCUT2D eigenvalue weighted by molar-refractivity contribution is 6.29. The maximum Gasteiger partial charge on any atom is 0.133 e. The van der Waals surface area contributed by atoms with Crippen molar-refractivity contribution in [2.75, 3.05) is 18.0 Å². The van der Waals surface area contributed by atoms with E-state index in [4.69, 9.17) is 11.6 Å². The summed E-state index contributed by atoms with van der Waals surface area (Å²) >= 11 is 5.99. The Bertz CT molecular complexity index is 363. The molecule has 0 unspecified atom stereocenters. The van der Waals surface area contributed by atoms with Gasteiger partial charge in [-0.05, 0) is 37.0 Å². The summed E-state index contributed by atoms with van der Waals surface area (Å²) in [5.41, 5.74) is 2.67. The number of aryl methyl sites for hydroxylation is 1. The summed E-state index contributed by atoms with van der Waals surface area (Å²) in [6.07, 6.45) is 3.58. The van der Waals surface area contributed by atoms with Gasteiger partial charge in [0.05, 0.1) is 0 Å². The third-order valence-electron chi connectivity index (χ3n) is 3.01. The van der Waals surface area contributed by atoms with Gasteiger partial charge in [0.25, 0.3) is 0 Å². The van der Waals surface area contributed by atoms with Crippen LogP contribution in [0.15, 0.2) is 6.07 Å². The molecule has 2 heterocycles. The quantitative estimate of drug-likeness (QED) is 0.733. The highest BCUT2D eigenvalue weighted by atomic mass is 35.5. The number of hydrogen-bond donors (Lipinski definition) is 0. The molecule has 15 heavy (non-hydrogen) atoms. The van der Waals surface area contributed by atoms with E-state index in [0.717, 1.165) is 25.3 Å². The average molecular weight is 225 g/mol. The Balaban J connectivity index is 2.25. The van der Waals surface area contributed by atoms with E-state index < -0.39 is 0 Å². The summed E-state index contributed by atoms with van der Waals surface area (Å²) in [7, 11) is 0. The molecule has 1 aliphatic heterocycles. The lowest BCUT2D eigenvalue weighted by Crippen LogP contribution is -2.22. The van der Waals surface area contributed by atoms with E-state index in [-0.39, 0.29) is 0 Å². The molecule has 0 saturated heterocycles. The second-order valence-corrected chi connectivity index (χ2v) is 4.54. The minimum Gasteiger partial charge on any atom is -0.356 e. The summed E-state index contributed by atoms with van der Waals surface area (Å²) in [5, 5.41) is 0.620. The van der Waals surface area contributed by atoms with Gasteiger partial charge in [-0.15, -0.1) is 0 Å². The van der Waals surface area contributed by atoms with Gasteiger partial charge in [-0.3, -0.25) is 0 Å². The van der Waals surface area contributed by atoms with Crippen molar-refractivity contribution in [2.24, 2.45) is 0 Å². The fourth-order valence-electron chi connectivity index (χ4n) is 2.13. The van der Waals surface area contributed by atoms with Crippen LogP contribution in [0.3, 0.4) is 0 Å². The second kappa shape index (κ2) is 4.40. The van der Waals surface area contributed by atoms with Crippen LogP contribution in [0.25, 0.3) is 0 Å². The number of anilines is 1. The van der Waals surface area contributed by atoms with Gasteiger partial charge in [0.15, 0.2) is 0 Å². The van der Waals surface area contributed by atoms with E-state index in [1.54, 1.807) is 0 Å². The van der Waals surface area contributed by atoms with Gasteiger partial charge >= 0.3 is 0 Å². The van der Waals surface area contributed by atoms with Gasteiger partial charge in [-0.2, -0.15) is 0 Å². The molecule has 2 nitrogen and oxygen atoms in total. The van der Waals surface area contributed by atoms with Gasteiger partial charge < -0.3 is 4.90 Å². The highest BCUT2D eigenvalue weighted by Crippen LogP contribution is 2.30. The zero-order valence-corrected chi connectivity index (χ0v) is 10.1. The summed E-state index contributed by atoms with van der Waals surface area (Å²) in [4.78, 5) is 6.80. The van der Waals surface area contributed by atoms with Crippen molar-refractivity contribution in [1.82, 2.24) is 4.98 Å². The van der Waals surface area contributed by atoms with Crippen LogP contribution in [-0.4, -0.2) is 18.1 Å². The maximum atomic E-state index is 5.99. The monoisotopic (exact) mass is 224 g/mol. The molecule has 0 N–H and O–H groups in total. The predicted octanol–water partition coefficient (Wildman–Crippen LogP) is 3.21. The minimum absolute atomic E-state index is 0.620. The number of rotatable bonds is 3. The van der Waals surface area contributed by atoms with Crippen LogP contribution >= 0.6 is 11.6 Å². The van der Waals surface area contributed by atoms with Crippen molar-refractivity contribution in [1.29, 1.82) is 0 Å². The smallest absolute Gasteiger partial charge is 0.133 e. The summed E-state index contributed by atoms with van der Waals surface area (Å²) in [6.45, 7) is 6.54. The van der Waals surface area contributed by atoms with Gasteiger partial charge in [0.2, 0.25) is 0 Å². The topological polar surface area (TPSA) is 16.1 Å². The molecule has 0 amide bonds. The molecule has 82 valence electrons. The van der Waals surface area contributed by atoms with E-state index in [0.29, 0.717) is 5.15 Å². The molecule has 0 bridgehead atoms. The molecule has 0 atom stereocenters. The van der Waals surface area contributed by atoms with Crippen LogP contribution in [-0.2, 0) is 6.42 Å². The number of hydrogen-bond acceptors (Lipinski definition) is 2. The lowest BCUT2D eigenvalue weighted by Gasteiger charge is -2.18. The molecule has 1 aromatic rings. The molecular weight excluding hydrogens is 208 g/mol. The van der Waals surface area contributed by atoms with Crippen LogP contribution in [0.2, 0.25) is 5.15 Å². The van der Waals surface area contributed by atoms with Crippen LogP contribution in [0.5, 0.6) is 0 Å². The average Bonchev–Trinajstić information content (AvgIpc) is 2.58. The normalized spacial score (nSPS) is 14.5. The molecular formula is C12H17ClN2. The van der Waals surface area contributed by atoms with E-state index in [1.807, 2.05) is 6.07 Å². The van der Waals surface area contributed by atoms with E-state index in [2.05, 4.69) is 23.7 Å². The van der Waals surface area contributed by atoms with Gasteiger partial charge in [0, 0.05) is 13.1 Å². The van der Waals surface area contributed by atoms with Crippen LogP contribution < -0.4 is 4.90 Å². The van der Waals surface area contributed by atoms with Crippen molar-refractivity contribution in [3.63, 3.8) is 0 Å². The standard InChI is InChI=1S/C12H17ClN2/c1-3-4-6-15-7-5-10-9(2)8-11(13)14-12(10)15/h8H,3-7H2,1-2H3. The Kier molecular flexibility index (Phi) is 3.15. The minimum atomic E-state index is 0.620. The van der Waals surface area contributed by atoms with E-state index in [1.165, 1.54) is 24.0 Å². The van der Waals surface area contributed by atoms with Crippen molar-refractivity contribution in [3.8, 4) is 0 Å². The van der Waals surface area contributed by atoms with Gasteiger partial charge in [-0.25, -0.2) is 4.98 Å². The first-order valence-electron chi connectivity index (χ1n) is 5.63. The predicted molar refractivity (Wildman–Crippen MR) is 64.8 cm³/mol. The molecule has 0 aromatic carbocycles. The van der Waals surface area contributed by atoms with Gasteiger partial charge in [-0.1, -0.05) is 24.9 Å². The molecule has 0 radical (unpaired) electrons. The van der Waals surface area contributed by atoms with Crippen molar-refractivity contribution < 1.29 is 0 Å². The first-order valence-corrected chi connectivity index (χ1v) is 6.01. The summed E-state index contributed by atoms with van der Waals surface area (Å²) in [6, 6.07) is 1.96. The highest BCUT2D eigenvalue weighted by Gasteiger charge is 2.22. The van der Waals surface area contributed by atoms with Crippen molar-refractivity contribution in [3.05, 3.63) is 22.3 Å². The first kappa shape index (κ1) is 10.7. The molecule has 0 spiro atoms. The zero-order chi connectivity index (χ0) is 10.8. The maximum absolute atomic E-state index is 5.99. The number of nitrogens with zero attached hydrogens (tertiary/aromatic N) is 2. The third kappa shape index (κ3) is 2.10. The SMILES string of the molecule is CCCCN1CCc2c(C)cc(Cl)nc21. The van der Waals surface area contributed by atoms with E-state index in [9.17, 15) is 0 Å². The van der Waals surface area contributed by atoms with Gasteiger partial charge in [0.1, 0.15) is 11.0 Å². The third-order valence-corrected chi connectivity index (χ3v) is 3.20. The molecule has 1 aliphatic rings. The summed E-state index contributed by atoms with van der Waals surface area (Å²) in [5.74, 6) is 1.12. The molecule has 1 aromatic heterocycles. The fraction of sp³-hybridized carbons (Fsp3) is 0.583. The number of fused-ring (bicyclic) bond motifs is 1. The Hall–Kier alpha value is -0.760. The molecule has 0 fully saturated rings.